The number of rotatable bonds is 3. The number of nitrogens with two attached hydrogens (primary N) is 1. The zero-order valence-electron chi connectivity index (χ0n) is 11.3. The van der Waals surface area contributed by atoms with Gasteiger partial charge in [-0.1, -0.05) is 12.1 Å². The van der Waals surface area contributed by atoms with Crippen LogP contribution in [0.3, 0.4) is 0 Å². The Morgan fingerprint density at radius 2 is 2.00 bits per heavy atom. The van der Waals surface area contributed by atoms with Crippen molar-refractivity contribution >= 4 is 5.82 Å². The van der Waals surface area contributed by atoms with E-state index in [4.69, 9.17) is 10.5 Å². The fourth-order valence-electron chi connectivity index (χ4n) is 1.99. The summed E-state index contributed by atoms with van der Waals surface area (Å²) in [7, 11) is 1.83. The highest BCUT2D eigenvalue weighted by Gasteiger charge is 2.15. The molecule has 4 nitrogen and oxygen atoms in total. The van der Waals surface area contributed by atoms with Gasteiger partial charge in [0.25, 0.3) is 0 Å². The average Bonchev–Trinajstić information content (AvgIpc) is 2.67. The molecule has 2 N–H and O–H groups in total. The molecule has 1 aromatic heterocycles. The molecule has 0 aliphatic carbocycles. The van der Waals surface area contributed by atoms with E-state index in [1.807, 2.05) is 20.0 Å². The van der Waals surface area contributed by atoms with E-state index < -0.39 is 0 Å². The maximum absolute atomic E-state index is 6.03. The monoisotopic (exact) mass is 245 g/mol. The van der Waals surface area contributed by atoms with Crippen molar-refractivity contribution in [2.45, 2.75) is 20.8 Å². The van der Waals surface area contributed by atoms with Gasteiger partial charge < -0.3 is 10.5 Å². The molecular weight excluding hydrogens is 226 g/mol. The minimum atomic E-state index is 0.636. The van der Waals surface area contributed by atoms with Crippen LogP contribution in [0.15, 0.2) is 18.3 Å². The number of benzene rings is 1. The molecule has 18 heavy (non-hydrogen) atoms. The van der Waals surface area contributed by atoms with E-state index in [0.717, 1.165) is 22.4 Å². The minimum Gasteiger partial charge on any atom is -0.493 e. The van der Waals surface area contributed by atoms with E-state index in [0.29, 0.717) is 12.4 Å². The Labute approximate surface area is 107 Å². The predicted molar refractivity (Wildman–Crippen MR) is 73.7 cm³/mol. The van der Waals surface area contributed by atoms with E-state index in [1.165, 1.54) is 5.56 Å². The quantitative estimate of drug-likeness (QED) is 0.904. The maximum Gasteiger partial charge on any atom is 0.130 e. The van der Waals surface area contributed by atoms with Crippen molar-refractivity contribution in [2.24, 2.45) is 7.05 Å². The molecule has 0 fully saturated rings. The predicted octanol–water partition coefficient (Wildman–Crippen LogP) is 2.68. The lowest BCUT2D eigenvalue weighted by Crippen LogP contribution is -2.01. The molecule has 0 saturated carbocycles. The lowest BCUT2D eigenvalue weighted by molar-refractivity contribution is 0.339. The van der Waals surface area contributed by atoms with Gasteiger partial charge in [0.05, 0.1) is 12.8 Å². The molecule has 4 heteroatoms. The van der Waals surface area contributed by atoms with Crippen molar-refractivity contribution in [3.63, 3.8) is 0 Å². The Balaban J connectivity index is 2.64. The Kier molecular flexibility index (Phi) is 3.28. The summed E-state index contributed by atoms with van der Waals surface area (Å²) in [5.74, 6) is 1.55. The summed E-state index contributed by atoms with van der Waals surface area (Å²) in [5, 5.41) is 4.18. The van der Waals surface area contributed by atoms with Crippen LogP contribution in [0.1, 0.15) is 18.1 Å². The number of ether oxygens (including phenoxy) is 1. The zero-order valence-corrected chi connectivity index (χ0v) is 11.3. The fourth-order valence-corrected chi connectivity index (χ4v) is 1.99. The van der Waals surface area contributed by atoms with Crippen molar-refractivity contribution in [1.29, 1.82) is 0 Å². The standard InChI is InChI=1S/C14H19N3O/c1-5-18-13-10(3)9(2)6-7-11(13)12-8-16-17(4)14(12)15/h6-8H,5,15H2,1-4H3. The minimum absolute atomic E-state index is 0.636. The molecular formula is C14H19N3O. The van der Waals surface area contributed by atoms with E-state index in [1.54, 1.807) is 10.9 Å². The summed E-state index contributed by atoms with van der Waals surface area (Å²) < 4.78 is 7.44. The van der Waals surface area contributed by atoms with Crippen LogP contribution in [-0.4, -0.2) is 16.4 Å². The molecule has 0 unspecified atom stereocenters. The smallest absolute Gasteiger partial charge is 0.130 e. The Hall–Kier alpha value is -1.97. The molecule has 96 valence electrons. The molecule has 0 radical (unpaired) electrons. The molecule has 1 aromatic carbocycles. The first-order valence-electron chi connectivity index (χ1n) is 6.07. The lowest BCUT2D eigenvalue weighted by atomic mass is 10.0. The summed E-state index contributed by atoms with van der Waals surface area (Å²) >= 11 is 0. The van der Waals surface area contributed by atoms with Crippen LogP contribution in [0.5, 0.6) is 5.75 Å². The summed E-state index contributed by atoms with van der Waals surface area (Å²) in [6, 6.07) is 4.13. The van der Waals surface area contributed by atoms with Crippen molar-refractivity contribution < 1.29 is 4.74 Å². The van der Waals surface area contributed by atoms with Crippen LogP contribution >= 0.6 is 0 Å². The second kappa shape index (κ2) is 4.72. The molecule has 2 rings (SSSR count). The lowest BCUT2D eigenvalue weighted by Gasteiger charge is -2.14. The van der Waals surface area contributed by atoms with Crippen molar-refractivity contribution in [3.05, 3.63) is 29.5 Å². The van der Waals surface area contributed by atoms with Crippen LogP contribution in [0.25, 0.3) is 11.1 Å². The maximum atomic E-state index is 6.03. The van der Waals surface area contributed by atoms with Crippen LogP contribution in [0.2, 0.25) is 0 Å². The van der Waals surface area contributed by atoms with Gasteiger partial charge in [0, 0.05) is 18.2 Å². The van der Waals surface area contributed by atoms with Gasteiger partial charge in [-0.15, -0.1) is 0 Å². The highest BCUT2D eigenvalue weighted by Crippen LogP contribution is 2.37. The van der Waals surface area contributed by atoms with Gasteiger partial charge in [-0.05, 0) is 31.9 Å². The first-order chi connectivity index (χ1) is 8.56. The number of anilines is 1. The van der Waals surface area contributed by atoms with Gasteiger partial charge >= 0.3 is 0 Å². The van der Waals surface area contributed by atoms with Gasteiger partial charge in [0.2, 0.25) is 0 Å². The number of nitrogens with zero attached hydrogens (tertiary/aromatic N) is 2. The van der Waals surface area contributed by atoms with E-state index >= 15 is 0 Å². The van der Waals surface area contributed by atoms with E-state index in [-0.39, 0.29) is 0 Å². The largest absolute Gasteiger partial charge is 0.493 e. The Morgan fingerprint density at radius 3 is 2.56 bits per heavy atom. The Bertz CT molecular complexity index is 573. The van der Waals surface area contributed by atoms with Crippen LogP contribution in [-0.2, 0) is 7.05 Å². The number of hydrogen-bond donors (Lipinski definition) is 1. The topological polar surface area (TPSA) is 53.1 Å². The molecule has 0 aliphatic rings. The van der Waals surface area contributed by atoms with Crippen molar-refractivity contribution in [3.8, 4) is 16.9 Å². The van der Waals surface area contributed by atoms with Crippen molar-refractivity contribution in [1.82, 2.24) is 9.78 Å². The summed E-state index contributed by atoms with van der Waals surface area (Å²) in [4.78, 5) is 0. The molecule has 2 aromatic rings. The van der Waals surface area contributed by atoms with Crippen molar-refractivity contribution in [2.75, 3.05) is 12.3 Å². The molecule has 0 atom stereocenters. The number of hydrogen-bond acceptors (Lipinski definition) is 3. The number of aromatic nitrogens is 2. The van der Waals surface area contributed by atoms with Crippen LogP contribution < -0.4 is 10.5 Å². The Morgan fingerprint density at radius 1 is 1.28 bits per heavy atom. The summed E-state index contributed by atoms with van der Waals surface area (Å²) in [6.45, 7) is 6.76. The second-order valence-corrected chi connectivity index (χ2v) is 4.38. The first-order valence-corrected chi connectivity index (χ1v) is 6.07. The van der Waals surface area contributed by atoms with Crippen LogP contribution in [0.4, 0.5) is 5.82 Å². The molecule has 0 saturated heterocycles. The van der Waals surface area contributed by atoms with Gasteiger partial charge in [-0.25, -0.2) is 0 Å². The average molecular weight is 245 g/mol. The molecule has 1 heterocycles. The fraction of sp³-hybridized carbons (Fsp3) is 0.357. The summed E-state index contributed by atoms with van der Waals surface area (Å²) in [5.41, 5.74) is 10.3. The number of aryl methyl sites for hydroxylation is 2. The second-order valence-electron chi connectivity index (χ2n) is 4.38. The first kappa shape index (κ1) is 12.5. The molecule has 0 bridgehead atoms. The van der Waals surface area contributed by atoms with Gasteiger partial charge in [-0.3, -0.25) is 4.68 Å². The third-order valence-corrected chi connectivity index (χ3v) is 3.24. The summed E-state index contributed by atoms with van der Waals surface area (Å²) in [6.07, 6.45) is 1.78. The van der Waals surface area contributed by atoms with Gasteiger partial charge in [0.1, 0.15) is 11.6 Å². The third kappa shape index (κ3) is 1.94. The number of nitrogen functional groups attached to an aromatic ring is 1. The van der Waals surface area contributed by atoms with Gasteiger partial charge in [0.15, 0.2) is 0 Å². The molecule has 0 aliphatic heterocycles. The van der Waals surface area contributed by atoms with E-state index in [2.05, 4.69) is 25.0 Å². The SMILES string of the molecule is CCOc1c(-c2cnn(C)c2N)ccc(C)c1C. The van der Waals surface area contributed by atoms with E-state index in [9.17, 15) is 0 Å². The normalized spacial score (nSPS) is 10.7. The van der Waals surface area contributed by atoms with Crippen LogP contribution in [0, 0.1) is 13.8 Å². The highest BCUT2D eigenvalue weighted by molar-refractivity contribution is 5.79. The molecule has 0 amide bonds. The zero-order chi connectivity index (χ0) is 13.3. The highest BCUT2D eigenvalue weighted by atomic mass is 16.5. The third-order valence-electron chi connectivity index (χ3n) is 3.24. The molecule has 0 spiro atoms. The van der Waals surface area contributed by atoms with Gasteiger partial charge in [-0.2, -0.15) is 5.10 Å².